The largest absolute Gasteiger partial charge is 0.497 e. The van der Waals surface area contributed by atoms with Crippen molar-refractivity contribution in [3.63, 3.8) is 0 Å². The maximum absolute atomic E-state index is 12.7. The zero-order valence-electron chi connectivity index (χ0n) is 17.3. The number of nitrogens with zero attached hydrogens (tertiary/aromatic N) is 3. The van der Waals surface area contributed by atoms with Gasteiger partial charge in [-0.3, -0.25) is 4.90 Å². The number of hydrogen-bond acceptors (Lipinski definition) is 5. The molecule has 2 amide bonds. The monoisotopic (exact) mass is 448 g/mol. The molecule has 0 radical (unpaired) electrons. The summed E-state index contributed by atoms with van der Waals surface area (Å²) >= 11 is 7.66. The van der Waals surface area contributed by atoms with Crippen LogP contribution in [0.5, 0.6) is 5.75 Å². The van der Waals surface area contributed by atoms with Crippen LogP contribution in [0.1, 0.15) is 17.7 Å². The minimum atomic E-state index is 0.0803. The van der Waals surface area contributed by atoms with E-state index in [9.17, 15) is 4.79 Å². The second-order valence-electron chi connectivity index (χ2n) is 7.88. The van der Waals surface area contributed by atoms with Crippen molar-refractivity contribution < 1.29 is 9.53 Å². The van der Waals surface area contributed by atoms with Crippen molar-refractivity contribution in [1.82, 2.24) is 15.1 Å². The molecule has 4 rings (SSSR count). The van der Waals surface area contributed by atoms with E-state index < -0.39 is 0 Å². The number of benzene rings is 1. The minimum Gasteiger partial charge on any atom is -0.497 e. The number of anilines is 1. The van der Waals surface area contributed by atoms with Gasteiger partial charge >= 0.3 is 6.03 Å². The van der Waals surface area contributed by atoms with Gasteiger partial charge in [-0.15, -0.1) is 11.3 Å². The maximum Gasteiger partial charge on any atom is 0.317 e. The quantitative estimate of drug-likeness (QED) is 0.753. The van der Waals surface area contributed by atoms with Gasteiger partial charge in [-0.25, -0.2) is 4.79 Å². The molecule has 1 N–H and O–H groups in total. The highest BCUT2D eigenvalue weighted by molar-refractivity contribution is 7.16. The van der Waals surface area contributed by atoms with E-state index in [1.165, 1.54) is 10.6 Å². The van der Waals surface area contributed by atoms with E-state index in [0.717, 1.165) is 68.7 Å². The second kappa shape index (κ2) is 9.90. The number of halogens is 1. The molecule has 3 heterocycles. The summed E-state index contributed by atoms with van der Waals surface area (Å²) in [7, 11) is 1.68. The Labute approximate surface area is 187 Å². The van der Waals surface area contributed by atoms with Gasteiger partial charge < -0.3 is 19.9 Å². The first kappa shape index (κ1) is 21.3. The number of carbonyl (C=O) groups is 1. The van der Waals surface area contributed by atoms with Gasteiger partial charge in [-0.2, -0.15) is 0 Å². The van der Waals surface area contributed by atoms with Gasteiger partial charge in [0.15, 0.2) is 0 Å². The van der Waals surface area contributed by atoms with Crippen LogP contribution in [0.3, 0.4) is 0 Å². The Morgan fingerprint density at radius 1 is 1.07 bits per heavy atom. The number of rotatable bonds is 5. The highest BCUT2D eigenvalue weighted by Crippen LogP contribution is 2.24. The van der Waals surface area contributed by atoms with Crippen LogP contribution in [0.2, 0.25) is 4.34 Å². The van der Waals surface area contributed by atoms with Crippen LogP contribution < -0.4 is 15.0 Å². The fourth-order valence-corrected chi connectivity index (χ4v) is 5.24. The normalized spacial score (nSPS) is 18.5. The zero-order valence-corrected chi connectivity index (χ0v) is 18.9. The van der Waals surface area contributed by atoms with Gasteiger partial charge in [0.2, 0.25) is 0 Å². The molecule has 0 bridgehead atoms. The fraction of sp³-hybridized carbons (Fsp3) is 0.500. The van der Waals surface area contributed by atoms with Crippen molar-refractivity contribution in [1.29, 1.82) is 0 Å². The molecular weight excluding hydrogens is 420 g/mol. The molecule has 8 heteroatoms. The lowest BCUT2D eigenvalue weighted by molar-refractivity contribution is 0.133. The highest BCUT2D eigenvalue weighted by Gasteiger charge is 2.25. The number of methoxy groups -OCH3 is 1. The molecule has 2 aliphatic heterocycles. The number of ether oxygens (including phenoxy) is 1. The summed E-state index contributed by atoms with van der Waals surface area (Å²) in [6, 6.07) is 12.6. The summed E-state index contributed by atoms with van der Waals surface area (Å²) in [6.45, 7) is 6.17. The Kier molecular flexibility index (Phi) is 7.02. The first-order valence-electron chi connectivity index (χ1n) is 10.5. The van der Waals surface area contributed by atoms with Crippen molar-refractivity contribution >= 4 is 34.7 Å². The van der Waals surface area contributed by atoms with Crippen LogP contribution in [0, 0.1) is 0 Å². The third kappa shape index (κ3) is 5.39. The van der Waals surface area contributed by atoms with Crippen molar-refractivity contribution in [3.05, 3.63) is 45.6 Å². The number of piperidine rings is 1. The highest BCUT2D eigenvalue weighted by atomic mass is 35.5. The summed E-state index contributed by atoms with van der Waals surface area (Å²) in [4.78, 5) is 20.7. The van der Waals surface area contributed by atoms with Crippen LogP contribution >= 0.6 is 22.9 Å². The van der Waals surface area contributed by atoms with E-state index >= 15 is 0 Å². The number of amides is 2. The number of piperazine rings is 1. The van der Waals surface area contributed by atoms with Gasteiger partial charge in [0.25, 0.3) is 0 Å². The lowest BCUT2D eigenvalue weighted by Crippen LogP contribution is -2.54. The minimum absolute atomic E-state index is 0.0803. The zero-order chi connectivity index (χ0) is 20.9. The fourth-order valence-electron chi connectivity index (χ4n) is 4.11. The van der Waals surface area contributed by atoms with E-state index in [-0.39, 0.29) is 12.1 Å². The van der Waals surface area contributed by atoms with Crippen molar-refractivity contribution in [2.24, 2.45) is 0 Å². The molecule has 1 aromatic carbocycles. The molecule has 0 unspecified atom stereocenters. The summed E-state index contributed by atoms with van der Waals surface area (Å²) < 4.78 is 6.07. The number of nitrogens with one attached hydrogen (secondary N) is 1. The average molecular weight is 449 g/mol. The lowest BCUT2D eigenvalue weighted by Gasteiger charge is -2.37. The van der Waals surface area contributed by atoms with E-state index in [2.05, 4.69) is 33.3 Å². The smallest absolute Gasteiger partial charge is 0.317 e. The second-order valence-corrected chi connectivity index (χ2v) is 9.68. The molecule has 6 nitrogen and oxygen atoms in total. The third-order valence-corrected chi connectivity index (χ3v) is 7.14. The first-order chi connectivity index (χ1) is 14.6. The van der Waals surface area contributed by atoms with Crippen LogP contribution in [0.25, 0.3) is 0 Å². The van der Waals surface area contributed by atoms with E-state index in [0.29, 0.717) is 0 Å². The maximum atomic E-state index is 12.7. The van der Waals surface area contributed by atoms with Crippen molar-refractivity contribution in [2.45, 2.75) is 25.4 Å². The molecule has 2 aliphatic rings. The number of thiophene rings is 1. The van der Waals surface area contributed by atoms with Crippen LogP contribution in [0.15, 0.2) is 36.4 Å². The number of urea groups is 1. The van der Waals surface area contributed by atoms with Gasteiger partial charge in [0, 0.05) is 62.4 Å². The number of carbonyl (C=O) groups excluding carboxylic acids is 1. The molecule has 30 heavy (non-hydrogen) atoms. The Bertz CT molecular complexity index is 828. The topological polar surface area (TPSA) is 48.1 Å². The molecule has 0 saturated carbocycles. The van der Waals surface area contributed by atoms with Crippen LogP contribution in [-0.4, -0.2) is 68.3 Å². The summed E-state index contributed by atoms with van der Waals surface area (Å²) in [6.07, 6.45) is 1.94. The summed E-state index contributed by atoms with van der Waals surface area (Å²) in [5, 5.41) is 3.25. The van der Waals surface area contributed by atoms with Gasteiger partial charge in [-0.1, -0.05) is 11.6 Å². The predicted molar refractivity (Wildman–Crippen MR) is 123 cm³/mol. The Hall–Kier alpha value is -1.96. The van der Waals surface area contributed by atoms with Gasteiger partial charge in [0.1, 0.15) is 5.75 Å². The molecule has 162 valence electrons. The molecule has 0 atom stereocenters. The SMILES string of the molecule is COc1ccc(N2CCC(NC(=O)N3CCN(Cc4ccc(Cl)s4)CC3)CC2)cc1. The van der Waals surface area contributed by atoms with Crippen LogP contribution in [-0.2, 0) is 6.54 Å². The lowest BCUT2D eigenvalue weighted by atomic mass is 10.0. The molecular formula is C22H29ClN4O2S. The predicted octanol–water partition coefficient (Wildman–Crippen LogP) is 3.91. The van der Waals surface area contributed by atoms with Crippen molar-refractivity contribution in [3.8, 4) is 5.75 Å². The van der Waals surface area contributed by atoms with E-state index in [1.54, 1.807) is 18.4 Å². The molecule has 1 aromatic heterocycles. The Morgan fingerprint density at radius 3 is 2.37 bits per heavy atom. The Balaban J connectivity index is 1.19. The van der Waals surface area contributed by atoms with Crippen molar-refractivity contribution in [2.75, 3.05) is 51.3 Å². The molecule has 0 aliphatic carbocycles. The molecule has 2 saturated heterocycles. The number of hydrogen-bond donors (Lipinski definition) is 1. The van der Waals surface area contributed by atoms with Gasteiger partial charge in [-0.05, 0) is 49.2 Å². The summed E-state index contributed by atoms with van der Waals surface area (Å²) in [5.41, 5.74) is 1.21. The van der Waals surface area contributed by atoms with E-state index in [4.69, 9.17) is 16.3 Å². The summed E-state index contributed by atoms with van der Waals surface area (Å²) in [5.74, 6) is 0.875. The Morgan fingerprint density at radius 2 is 1.77 bits per heavy atom. The molecule has 2 aromatic rings. The standard InChI is InChI=1S/C22H29ClN4O2S/c1-29-19-4-2-18(3-5-19)26-10-8-17(9-11-26)24-22(28)27-14-12-25(13-15-27)16-20-6-7-21(23)30-20/h2-7,17H,8-16H2,1H3,(H,24,28). The first-order valence-corrected chi connectivity index (χ1v) is 11.7. The van der Waals surface area contributed by atoms with Gasteiger partial charge in [0.05, 0.1) is 11.4 Å². The molecule has 2 fully saturated rings. The third-order valence-electron chi connectivity index (χ3n) is 5.93. The van der Waals surface area contributed by atoms with Crippen LogP contribution in [0.4, 0.5) is 10.5 Å². The average Bonchev–Trinajstić information content (AvgIpc) is 3.19. The molecule has 0 spiro atoms. The van der Waals surface area contributed by atoms with E-state index in [1.807, 2.05) is 23.1 Å².